The summed E-state index contributed by atoms with van der Waals surface area (Å²) >= 11 is 7.03. The molecule has 1 aromatic heterocycles. The molecule has 0 atom stereocenters. The predicted octanol–water partition coefficient (Wildman–Crippen LogP) is 3.17. The molecule has 2 rings (SSSR count). The van der Waals surface area contributed by atoms with Crippen molar-refractivity contribution in [1.29, 1.82) is 5.26 Å². The van der Waals surface area contributed by atoms with Gasteiger partial charge in [0.1, 0.15) is 10.9 Å². The molecule has 1 heterocycles. The van der Waals surface area contributed by atoms with E-state index in [0.29, 0.717) is 16.6 Å². The van der Waals surface area contributed by atoms with E-state index in [2.05, 4.69) is 10.3 Å². The number of aliphatic hydroxyl groups is 1. The molecule has 18 heavy (non-hydrogen) atoms. The lowest BCUT2D eigenvalue weighted by molar-refractivity contribution is 0.0381. The Kier molecular flexibility index (Phi) is 4.44. The fourth-order valence-electron chi connectivity index (χ4n) is 2.25. The van der Waals surface area contributed by atoms with Crippen molar-refractivity contribution in [3.05, 3.63) is 10.0 Å². The zero-order chi connectivity index (χ0) is 13.0. The average molecular weight is 286 g/mol. The molecule has 0 radical (unpaired) electrons. The molecule has 0 bridgehead atoms. The molecule has 0 amide bonds. The van der Waals surface area contributed by atoms with Crippen LogP contribution in [0.5, 0.6) is 0 Å². The van der Waals surface area contributed by atoms with Gasteiger partial charge < -0.3 is 10.4 Å². The van der Waals surface area contributed by atoms with E-state index in [4.69, 9.17) is 16.9 Å². The standard InChI is InChI=1S/C12H16ClN3OS/c13-10-9(7-14)18-11(16-10)15-8-12(17)5-3-1-2-4-6-12/h17H,1-6,8H2,(H,15,16). The Morgan fingerprint density at radius 3 is 2.61 bits per heavy atom. The van der Waals surface area contributed by atoms with Gasteiger partial charge in [-0.25, -0.2) is 4.98 Å². The average Bonchev–Trinajstić information content (AvgIpc) is 2.57. The highest BCUT2D eigenvalue weighted by atomic mass is 35.5. The van der Waals surface area contributed by atoms with E-state index >= 15 is 0 Å². The van der Waals surface area contributed by atoms with Crippen molar-refractivity contribution in [3.8, 4) is 6.07 Å². The lowest BCUT2D eigenvalue weighted by Crippen LogP contribution is -2.36. The topological polar surface area (TPSA) is 68.9 Å². The van der Waals surface area contributed by atoms with Crippen LogP contribution in [0, 0.1) is 11.3 Å². The first-order chi connectivity index (χ1) is 8.63. The first-order valence-corrected chi connectivity index (χ1v) is 7.35. The van der Waals surface area contributed by atoms with Crippen molar-refractivity contribution < 1.29 is 5.11 Å². The van der Waals surface area contributed by atoms with Crippen molar-refractivity contribution >= 4 is 28.1 Å². The third-order valence-electron chi connectivity index (χ3n) is 3.29. The first-order valence-electron chi connectivity index (χ1n) is 6.16. The van der Waals surface area contributed by atoms with Crippen LogP contribution in [0.1, 0.15) is 43.4 Å². The lowest BCUT2D eigenvalue weighted by atomic mass is 9.95. The summed E-state index contributed by atoms with van der Waals surface area (Å²) in [5.41, 5.74) is -0.651. The van der Waals surface area contributed by atoms with E-state index in [1.54, 1.807) is 0 Å². The number of nitrogens with one attached hydrogen (secondary N) is 1. The lowest BCUT2D eigenvalue weighted by Gasteiger charge is -2.26. The zero-order valence-electron chi connectivity index (χ0n) is 10.1. The first kappa shape index (κ1) is 13.6. The van der Waals surface area contributed by atoms with Crippen molar-refractivity contribution in [2.24, 2.45) is 0 Å². The van der Waals surface area contributed by atoms with Crippen LogP contribution < -0.4 is 5.32 Å². The van der Waals surface area contributed by atoms with Crippen molar-refractivity contribution in [3.63, 3.8) is 0 Å². The number of thiazole rings is 1. The number of hydrogen-bond donors (Lipinski definition) is 2. The number of nitrogens with zero attached hydrogens (tertiary/aromatic N) is 2. The van der Waals surface area contributed by atoms with E-state index in [0.717, 1.165) is 25.7 Å². The molecule has 1 aliphatic carbocycles. The van der Waals surface area contributed by atoms with Crippen LogP contribution in [0.4, 0.5) is 5.13 Å². The third kappa shape index (κ3) is 3.35. The molecular weight excluding hydrogens is 270 g/mol. The Morgan fingerprint density at radius 2 is 2.06 bits per heavy atom. The van der Waals surface area contributed by atoms with Crippen molar-refractivity contribution in [2.45, 2.75) is 44.1 Å². The van der Waals surface area contributed by atoms with Crippen LogP contribution in [-0.4, -0.2) is 22.2 Å². The van der Waals surface area contributed by atoms with Gasteiger partial charge in [0.05, 0.1) is 5.60 Å². The minimum atomic E-state index is -0.651. The highest BCUT2D eigenvalue weighted by molar-refractivity contribution is 7.16. The summed E-state index contributed by atoms with van der Waals surface area (Å²) in [6, 6.07) is 1.99. The molecular formula is C12H16ClN3OS. The second-order valence-electron chi connectivity index (χ2n) is 4.74. The summed E-state index contributed by atoms with van der Waals surface area (Å²) in [5.74, 6) is 0. The Bertz CT molecular complexity index is 447. The summed E-state index contributed by atoms with van der Waals surface area (Å²) in [6.07, 6.45) is 6.18. The minimum Gasteiger partial charge on any atom is -0.388 e. The third-order valence-corrected chi connectivity index (χ3v) is 4.59. The molecule has 6 heteroatoms. The highest BCUT2D eigenvalue weighted by Crippen LogP contribution is 2.29. The number of nitriles is 1. The smallest absolute Gasteiger partial charge is 0.185 e. The maximum Gasteiger partial charge on any atom is 0.185 e. The molecule has 1 fully saturated rings. The van der Waals surface area contributed by atoms with Gasteiger partial charge in [-0.2, -0.15) is 5.26 Å². The normalized spacial score (nSPS) is 18.9. The summed E-state index contributed by atoms with van der Waals surface area (Å²) in [5, 5.41) is 23.2. The Hall–Kier alpha value is -0.830. The number of aromatic nitrogens is 1. The molecule has 2 N–H and O–H groups in total. The second kappa shape index (κ2) is 5.87. The van der Waals surface area contributed by atoms with Gasteiger partial charge >= 0.3 is 0 Å². The monoisotopic (exact) mass is 285 g/mol. The SMILES string of the molecule is N#Cc1sc(NCC2(O)CCCCCC2)nc1Cl. The summed E-state index contributed by atoms with van der Waals surface area (Å²) < 4.78 is 0. The molecule has 0 aliphatic heterocycles. The van der Waals surface area contributed by atoms with Gasteiger partial charge in [-0.1, -0.05) is 48.6 Å². The van der Waals surface area contributed by atoms with Gasteiger partial charge in [-0.15, -0.1) is 0 Å². The van der Waals surface area contributed by atoms with Crippen LogP contribution >= 0.6 is 22.9 Å². The highest BCUT2D eigenvalue weighted by Gasteiger charge is 2.28. The summed E-state index contributed by atoms with van der Waals surface area (Å²) in [6.45, 7) is 0.474. The molecule has 0 spiro atoms. The van der Waals surface area contributed by atoms with E-state index in [-0.39, 0.29) is 5.15 Å². The Morgan fingerprint density at radius 1 is 1.39 bits per heavy atom. The van der Waals surface area contributed by atoms with Crippen LogP contribution in [0.25, 0.3) is 0 Å². The molecule has 1 saturated carbocycles. The summed E-state index contributed by atoms with van der Waals surface area (Å²) in [4.78, 5) is 4.47. The van der Waals surface area contributed by atoms with E-state index < -0.39 is 5.60 Å². The fraction of sp³-hybridized carbons (Fsp3) is 0.667. The van der Waals surface area contributed by atoms with Crippen LogP contribution in [0.3, 0.4) is 0 Å². The zero-order valence-corrected chi connectivity index (χ0v) is 11.7. The number of anilines is 1. The minimum absolute atomic E-state index is 0.234. The van der Waals surface area contributed by atoms with Gasteiger partial charge in [0.15, 0.2) is 10.3 Å². The van der Waals surface area contributed by atoms with Gasteiger partial charge in [0, 0.05) is 6.54 Å². The van der Waals surface area contributed by atoms with E-state index in [1.165, 1.54) is 24.2 Å². The van der Waals surface area contributed by atoms with E-state index in [1.807, 2.05) is 6.07 Å². The number of rotatable bonds is 3. The molecule has 4 nitrogen and oxygen atoms in total. The molecule has 98 valence electrons. The van der Waals surface area contributed by atoms with Gasteiger partial charge in [0.2, 0.25) is 0 Å². The van der Waals surface area contributed by atoms with Crippen LogP contribution in [-0.2, 0) is 0 Å². The van der Waals surface area contributed by atoms with Crippen molar-refractivity contribution in [2.75, 3.05) is 11.9 Å². The number of hydrogen-bond acceptors (Lipinski definition) is 5. The summed E-state index contributed by atoms with van der Waals surface area (Å²) in [7, 11) is 0. The second-order valence-corrected chi connectivity index (χ2v) is 6.10. The van der Waals surface area contributed by atoms with Gasteiger partial charge in [-0.3, -0.25) is 0 Å². The molecule has 0 aromatic carbocycles. The van der Waals surface area contributed by atoms with Gasteiger partial charge in [0.25, 0.3) is 0 Å². The predicted molar refractivity (Wildman–Crippen MR) is 73.0 cm³/mol. The quantitative estimate of drug-likeness (QED) is 0.837. The molecule has 0 saturated heterocycles. The largest absolute Gasteiger partial charge is 0.388 e. The maximum absolute atomic E-state index is 10.5. The van der Waals surface area contributed by atoms with Crippen LogP contribution in [0.15, 0.2) is 0 Å². The van der Waals surface area contributed by atoms with E-state index in [9.17, 15) is 5.11 Å². The van der Waals surface area contributed by atoms with Crippen LogP contribution in [0.2, 0.25) is 5.15 Å². The Balaban J connectivity index is 1.95. The number of halogens is 1. The van der Waals surface area contributed by atoms with Gasteiger partial charge in [-0.05, 0) is 12.8 Å². The molecule has 0 unspecified atom stereocenters. The van der Waals surface area contributed by atoms with Crippen molar-refractivity contribution in [1.82, 2.24) is 4.98 Å². The molecule has 1 aliphatic rings. The molecule has 1 aromatic rings. The fourth-order valence-corrected chi connectivity index (χ4v) is 3.19. The Labute approximate surface area is 116 Å². The maximum atomic E-state index is 10.5.